The third-order valence-electron chi connectivity index (χ3n) is 2.62. The number of esters is 1. The molecule has 0 heterocycles. The van der Waals surface area contributed by atoms with Crippen molar-refractivity contribution < 1.29 is 9.53 Å². The molecule has 0 amide bonds. The Labute approximate surface area is 121 Å². The van der Waals surface area contributed by atoms with Crippen LogP contribution in [-0.4, -0.2) is 5.97 Å². The Kier molecular flexibility index (Phi) is 4.13. The Bertz CT molecular complexity index is 596. The largest absolute Gasteiger partial charge is 0.420 e. The van der Waals surface area contributed by atoms with Crippen molar-refractivity contribution in [1.29, 1.82) is 0 Å². The number of ether oxygens (including phenoxy) is 1. The summed E-state index contributed by atoms with van der Waals surface area (Å²) in [5.41, 5.74) is 2.44. The first-order chi connectivity index (χ1) is 8.97. The molecule has 2 rings (SSSR count). The predicted molar refractivity (Wildman–Crippen MR) is 77.3 cm³/mol. The topological polar surface area (TPSA) is 26.3 Å². The number of aryl methyl sites for hydroxylation is 2. The van der Waals surface area contributed by atoms with Gasteiger partial charge in [0.25, 0.3) is 0 Å². The fourth-order valence-corrected chi connectivity index (χ4v) is 2.30. The maximum absolute atomic E-state index is 12.0. The second kappa shape index (κ2) is 5.64. The van der Waals surface area contributed by atoms with Crippen LogP contribution in [0.5, 0.6) is 5.75 Å². The molecule has 0 spiro atoms. The number of carbonyl (C=O) groups excluding carboxylic acids is 1. The third kappa shape index (κ3) is 3.28. The third-order valence-corrected chi connectivity index (χ3v) is 3.19. The van der Waals surface area contributed by atoms with Crippen LogP contribution in [0.25, 0.3) is 0 Å². The van der Waals surface area contributed by atoms with E-state index in [9.17, 15) is 4.79 Å². The summed E-state index contributed by atoms with van der Waals surface area (Å²) in [6.45, 7) is 3.81. The van der Waals surface area contributed by atoms with Crippen molar-refractivity contribution in [3.63, 3.8) is 0 Å². The van der Waals surface area contributed by atoms with E-state index < -0.39 is 5.97 Å². The molecule has 2 nitrogen and oxygen atoms in total. The molecule has 0 radical (unpaired) electrons. The predicted octanol–water partition coefficient (Wildman–Crippen LogP) is 4.83. The summed E-state index contributed by atoms with van der Waals surface area (Å²) in [5, 5.41) is 0.649. The number of rotatable bonds is 2. The Morgan fingerprint density at radius 2 is 1.47 bits per heavy atom. The highest BCUT2D eigenvalue weighted by atomic mass is 35.5. The highest BCUT2D eigenvalue weighted by Crippen LogP contribution is 2.34. The summed E-state index contributed by atoms with van der Waals surface area (Å²) in [5.74, 6) is -0.285. The quantitative estimate of drug-likeness (QED) is 0.586. The van der Waals surface area contributed by atoms with Crippen LogP contribution < -0.4 is 4.74 Å². The number of carbonyl (C=O) groups is 1. The van der Waals surface area contributed by atoms with Gasteiger partial charge in [-0.3, -0.25) is 0 Å². The molecule has 0 unspecified atom stereocenters. The zero-order valence-electron chi connectivity index (χ0n) is 10.5. The van der Waals surface area contributed by atoms with Gasteiger partial charge in [0.1, 0.15) is 0 Å². The fraction of sp³-hybridized carbons (Fsp3) is 0.133. The number of hydrogen-bond donors (Lipinski definition) is 0. The van der Waals surface area contributed by atoms with Gasteiger partial charge in [-0.1, -0.05) is 40.9 Å². The number of benzene rings is 2. The van der Waals surface area contributed by atoms with E-state index in [0.717, 1.165) is 11.1 Å². The maximum Gasteiger partial charge on any atom is 0.343 e. The smallest absolute Gasteiger partial charge is 0.343 e. The molecule has 2 aromatic carbocycles. The van der Waals surface area contributed by atoms with Gasteiger partial charge >= 0.3 is 5.97 Å². The highest BCUT2D eigenvalue weighted by molar-refractivity contribution is 6.37. The van der Waals surface area contributed by atoms with Crippen molar-refractivity contribution in [3.05, 3.63) is 63.1 Å². The Morgan fingerprint density at radius 1 is 0.947 bits per heavy atom. The minimum Gasteiger partial charge on any atom is -0.420 e. The van der Waals surface area contributed by atoms with Crippen LogP contribution in [0.15, 0.2) is 36.4 Å². The van der Waals surface area contributed by atoms with Gasteiger partial charge in [0.15, 0.2) is 5.75 Å². The summed E-state index contributed by atoms with van der Waals surface area (Å²) < 4.78 is 5.25. The van der Waals surface area contributed by atoms with Crippen molar-refractivity contribution in [1.82, 2.24) is 0 Å². The van der Waals surface area contributed by atoms with Gasteiger partial charge in [-0.15, -0.1) is 0 Å². The first kappa shape index (κ1) is 13.9. The van der Waals surface area contributed by atoms with Crippen molar-refractivity contribution in [2.75, 3.05) is 0 Å². The van der Waals surface area contributed by atoms with E-state index in [1.807, 2.05) is 26.0 Å². The van der Waals surface area contributed by atoms with E-state index in [2.05, 4.69) is 0 Å². The molecule has 4 heteroatoms. The molecule has 0 fully saturated rings. The Balaban J connectivity index is 2.26. The molecule has 2 aromatic rings. The van der Waals surface area contributed by atoms with Gasteiger partial charge in [-0.05, 0) is 43.7 Å². The number of hydrogen-bond acceptors (Lipinski definition) is 2. The first-order valence-electron chi connectivity index (χ1n) is 5.72. The average molecular weight is 295 g/mol. The van der Waals surface area contributed by atoms with Gasteiger partial charge < -0.3 is 4.74 Å². The maximum atomic E-state index is 12.0. The second-order valence-electron chi connectivity index (χ2n) is 4.31. The molecule has 0 saturated heterocycles. The van der Waals surface area contributed by atoms with E-state index in [-0.39, 0.29) is 5.75 Å². The fourth-order valence-electron chi connectivity index (χ4n) is 1.63. The summed E-state index contributed by atoms with van der Waals surface area (Å²) in [6, 6.07) is 10.5. The zero-order valence-corrected chi connectivity index (χ0v) is 12.0. The molecular weight excluding hydrogens is 283 g/mol. The van der Waals surface area contributed by atoms with E-state index in [0.29, 0.717) is 15.6 Å². The monoisotopic (exact) mass is 294 g/mol. The van der Waals surface area contributed by atoms with Gasteiger partial charge in [0.05, 0.1) is 15.6 Å². The van der Waals surface area contributed by atoms with Crippen LogP contribution >= 0.6 is 23.2 Å². The molecule has 0 aliphatic carbocycles. The minimum absolute atomic E-state index is 0.194. The number of halogens is 2. The van der Waals surface area contributed by atoms with E-state index in [1.165, 1.54) is 0 Å². The molecule has 0 saturated carbocycles. The summed E-state index contributed by atoms with van der Waals surface area (Å²) >= 11 is 12.1. The van der Waals surface area contributed by atoms with E-state index >= 15 is 0 Å². The van der Waals surface area contributed by atoms with Crippen LogP contribution in [0, 0.1) is 13.8 Å². The molecule has 0 bridgehead atoms. The lowest BCUT2D eigenvalue weighted by atomic mass is 10.1. The van der Waals surface area contributed by atoms with Gasteiger partial charge in [-0.25, -0.2) is 4.79 Å². The first-order valence-corrected chi connectivity index (χ1v) is 6.47. The highest BCUT2D eigenvalue weighted by Gasteiger charge is 2.14. The molecular formula is C15H12Cl2O2. The normalized spacial score (nSPS) is 10.3. The van der Waals surface area contributed by atoms with Crippen molar-refractivity contribution in [2.45, 2.75) is 13.8 Å². The van der Waals surface area contributed by atoms with E-state index in [4.69, 9.17) is 27.9 Å². The standard InChI is InChI=1S/C15H12Cl2O2/c1-9-3-5-11(6-4-9)15(18)19-14-12(16)7-10(2)8-13(14)17/h3-8H,1-2H3. The van der Waals surface area contributed by atoms with Crippen LogP contribution in [-0.2, 0) is 0 Å². The van der Waals surface area contributed by atoms with Crippen LogP contribution in [0.3, 0.4) is 0 Å². The van der Waals surface area contributed by atoms with Crippen LogP contribution in [0.1, 0.15) is 21.5 Å². The Hall–Kier alpha value is -1.51. The summed E-state index contributed by atoms with van der Waals surface area (Å²) in [7, 11) is 0. The van der Waals surface area contributed by atoms with Crippen molar-refractivity contribution in [3.8, 4) is 5.75 Å². The molecule has 0 aromatic heterocycles. The van der Waals surface area contributed by atoms with Crippen LogP contribution in [0.4, 0.5) is 0 Å². The van der Waals surface area contributed by atoms with Gasteiger partial charge in [-0.2, -0.15) is 0 Å². The molecule has 0 aliphatic rings. The van der Waals surface area contributed by atoms with Gasteiger partial charge in [0.2, 0.25) is 0 Å². The van der Waals surface area contributed by atoms with Crippen molar-refractivity contribution in [2.24, 2.45) is 0 Å². The molecule has 0 atom stereocenters. The summed E-state index contributed by atoms with van der Waals surface area (Å²) in [6.07, 6.45) is 0. The Morgan fingerprint density at radius 3 is 2.00 bits per heavy atom. The molecule has 19 heavy (non-hydrogen) atoms. The van der Waals surface area contributed by atoms with Crippen LogP contribution in [0.2, 0.25) is 10.0 Å². The van der Waals surface area contributed by atoms with E-state index in [1.54, 1.807) is 24.3 Å². The lowest BCUT2D eigenvalue weighted by molar-refractivity contribution is 0.0735. The summed E-state index contributed by atoms with van der Waals surface area (Å²) in [4.78, 5) is 12.0. The van der Waals surface area contributed by atoms with Gasteiger partial charge in [0, 0.05) is 0 Å². The van der Waals surface area contributed by atoms with Crippen molar-refractivity contribution >= 4 is 29.2 Å². The molecule has 98 valence electrons. The molecule has 0 N–H and O–H groups in total. The lowest BCUT2D eigenvalue weighted by Gasteiger charge is -2.09. The minimum atomic E-state index is -0.479. The zero-order chi connectivity index (χ0) is 14.0. The average Bonchev–Trinajstić information content (AvgIpc) is 2.34. The molecule has 0 aliphatic heterocycles. The SMILES string of the molecule is Cc1ccc(C(=O)Oc2c(Cl)cc(C)cc2Cl)cc1. The lowest BCUT2D eigenvalue weighted by Crippen LogP contribution is -2.09. The second-order valence-corrected chi connectivity index (χ2v) is 5.13.